The van der Waals surface area contributed by atoms with E-state index in [9.17, 15) is 0 Å². The molecule has 20 heavy (non-hydrogen) atoms. The average molecular weight is 283 g/mol. The Balaban J connectivity index is 3.87. The third-order valence-electron chi connectivity index (χ3n) is 5.49. The maximum Gasteiger partial charge on any atom is -0.0303 e. The van der Waals surface area contributed by atoms with Crippen LogP contribution in [0.15, 0.2) is 0 Å². The van der Waals surface area contributed by atoms with E-state index >= 15 is 0 Å². The summed E-state index contributed by atoms with van der Waals surface area (Å²) in [5.74, 6) is 1.02. The van der Waals surface area contributed by atoms with E-state index < -0.39 is 0 Å². The molecule has 0 nitrogen and oxygen atoms in total. The van der Waals surface area contributed by atoms with E-state index in [2.05, 4.69) is 34.6 Å². The maximum atomic E-state index is 2.40. The predicted molar refractivity (Wildman–Crippen MR) is 94.3 cm³/mol. The number of hydrogen-bond donors (Lipinski definition) is 0. The highest BCUT2D eigenvalue weighted by Crippen LogP contribution is 2.37. The molecular weight excluding hydrogens is 240 g/mol. The molecule has 0 aliphatic rings. The molecule has 0 rings (SSSR count). The van der Waals surface area contributed by atoms with E-state index in [0.29, 0.717) is 5.41 Å². The van der Waals surface area contributed by atoms with Gasteiger partial charge in [0, 0.05) is 0 Å². The molecule has 0 saturated carbocycles. The molecular formula is C20H42. The molecule has 0 heteroatoms. The minimum atomic E-state index is 0.668. The molecule has 0 unspecified atom stereocenters. The van der Waals surface area contributed by atoms with Gasteiger partial charge < -0.3 is 0 Å². The third-order valence-corrected chi connectivity index (χ3v) is 5.49. The zero-order valence-electron chi connectivity index (χ0n) is 15.3. The van der Waals surface area contributed by atoms with Gasteiger partial charge in [0.1, 0.15) is 0 Å². The highest BCUT2D eigenvalue weighted by molar-refractivity contribution is 4.76. The lowest BCUT2D eigenvalue weighted by atomic mass is 9.74. The van der Waals surface area contributed by atoms with Gasteiger partial charge in [-0.15, -0.1) is 0 Å². The Morgan fingerprint density at radius 3 is 1.65 bits per heavy atom. The van der Waals surface area contributed by atoms with Crippen LogP contribution in [0.4, 0.5) is 0 Å². The Morgan fingerprint density at radius 2 is 1.20 bits per heavy atom. The monoisotopic (exact) mass is 282 g/mol. The molecule has 0 saturated heterocycles. The van der Waals surface area contributed by atoms with Crippen LogP contribution in [0.1, 0.15) is 118 Å². The molecule has 0 aromatic rings. The molecule has 0 aromatic heterocycles. The first-order valence-electron chi connectivity index (χ1n) is 9.67. The van der Waals surface area contributed by atoms with E-state index in [-0.39, 0.29) is 0 Å². The Labute approximate surface area is 130 Å². The van der Waals surface area contributed by atoms with E-state index in [4.69, 9.17) is 0 Å². The van der Waals surface area contributed by atoms with Gasteiger partial charge in [0.25, 0.3) is 0 Å². The van der Waals surface area contributed by atoms with E-state index in [1.54, 1.807) is 0 Å². The van der Waals surface area contributed by atoms with Gasteiger partial charge in [-0.1, -0.05) is 105 Å². The van der Waals surface area contributed by atoms with Crippen molar-refractivity contribution in [3.05, 3.63) is 0 Å². The molecule has 122 valence electrons. The van der Waals surface area contributed by atoms with Gasteiger partial charge >= 0.3 is 0 Å². The minimum absolute atomic E-state index is 0.668. The second-order valence-corrected chi connectivity index (χ2v) is 7.00. The number of hydrogen-bond acceptors (Lipinski definition) is 0. The van der Waals surface area contributed by atoms with Crippen LogP contribution in [0.25, 0.3) is 0 Å². The van der Waals surface area contributed by atoms with E-state index in [0.717, 1.165) is 5.92 Å². The molecule has 0 aliphatic heterocycles. The summed E-state index contributed by atoms with van der Waals surface area (Å²) < 4.78 is 0. The van der Waals surface area contributed by atoms with Crippen molar-refractivity contribution in [1.82, 2.24) is 0 Å². The highest BCUT2D eigenvalue weighted by Gasteiger charge is 2.24. The van der Waals surface area contributed by atoms with Gasteiger partial charge in [0.2, 0.25) is 0 Å². The molecule has 0 aliphatic carbocycles. The fraction of sp³-hybridized carbons (Fsp3) is 1.00. The fourth-order valence-electron chi connectivity index (χ4n) is 3.97. The van der Waals surface area contributed by atoms with Crippen LogP contribution in [0.5, 0.6) is 0 Å². The van der Waals surface area contributed by atoms with Crippen molar-refractivity contribution >= 4 is 0 Å². The lowest BCUT2D eigenvalue weighted by Gasteiger charge is -2.31. The van der Waals surface area contributed by atoms with E-state index in [1.807, 2.05) is 0 Å². The summed E-state index contributed by atoms with van der Waals surface area (Å²) >= 11 is 0. The predicted octanol–water partition coefficient (Wildman–Crippen LogP) is 7.76. The largest absolute Gasteiger partial charge is 0.0654 e. The zero-order chi connectivity index (χ0) is 15.3. The quantitative estimate of drug-likeness (QED) is 0.285. The second kappa shape index (κ2) is 12.7. The SMILES string of the molecule is CCCC(CCC)CCCCCC(CC)(CC)CCC. The van der Waals surface area contributed by atoms with Gasteiger partial charge in [-0.3, -0.25) is 0 Å². The molecule has 0 fully saturated rings. The number of rotatable bonds is 14. The van der Waals surface area contributed by atoms with Crippen molar-refractivity contribution < 1.29 is 0 Å². The van der Waals surface area contributed by atoms with Crippen LogP contribution >= 0.6 is 0 Å². The summed E-state index contributed by atoms with van der Waals surface area (Å²) in [6.07, 6.45) is 18.6. The standard InChI is InChI=1S/C20H42/c1-6-14-19(15-7-2)16-12-11-13-18-20(9-4,10-5)17-8-3/h19H,6-18H2,1-5H3. The van der Waals surface area contributed by atoms with Crippen LogP contribution < -0.4 is 0 Å². The Kier molecular flexibility index (Phi) is 12.7. The molecule has 0 bridgehead atoms. The average Bonchev–Trinajstić information content (AvgIpc) is 2.46. The second-order valence-electron chi connectivity index (χ2n) is 7.00. The zero-order valence-corrected chi connectivity index (χ0v) is 15.3. The van der Waals surface area contributed by atoms with Crippen LogP contribution in [0.2, 0.25) is 0 Å². The van der Waals surface area contributed by atoms with Crippen molar-refractivity contribution in [3.8, 4) is 0 Å². The molecule has 0 N–H and O–H groups in total. The highest BCUT2D eigenvalue weighted by atomic mass is 14.3. The van der Waals surface area contributed by atoms with Crippen LogP contribution in [0.3, 0.4) is 0 Å². The number of unbranched alkanes of at least 4 members (excludes halogenated alkanes) is 2. The van der Waals surface area contributed by atoms with Crippen LogP contribution in [0, 0.1) is 11.3 Å². The van der Waals surface area contributed by atoms with E-state index in [1.165, 1.54) is 83.5 Å². The fourth-order valence-corrected chi connectivity index (χ4v) is 3.97. The Bertz CT molecular complexity index is 184. The topological polar surface area (TPSA) is 0 Å². The van der Waals surface area contributed by atoms with Gasteiger partial charge in [0.05, 0.1) is 0 Å². The van der Waals surface area contributed by atoms with Crippen molar-refractivity contribution in [1.29, 1.82) is 0 Å². The first-order valence-corrected chi connectivity index (χ1v) is 9.67. The van der Waals surface area contributed by atoms with Crippen LogP contribution in [-0.2, 0) is 0 Å². The first-order chi connectivity index (χ1) is 9.67. The summed E-state index contributed by atoms with van der Waals surface area (Å²) in [5, 5.41) is 0. The summed E-state index contributed by atoms with van der Waals surface area (Å²) in [6.45, 7) is 11.8. The van der Waals surface area contributed by atoms with Gasteiger partial charge in [-0.2, -0.15) is 0 Å². The Hall–Kier alpha value is 0. The summed E-state index contributed by atoms with van der Waals surface area (Å²) in [6, 6.07) is 0. The summed E-state index contributed by atoms with van der Waals surface area (Å²) in [4.78, 5) is 0. The molecule has 0 aromatic carbocycles. The van der Waals surface area contributed by atoms with Crippen molar-refractivity contribution in [2.45, 2.75) is 118 Å². The van der Waals surface area contributed by atoms with Gasteiger partial charge in [-0.25, -0.2) is 0 Å². The first kappa shape index (κ1) is 20.0. The van der Waals surface area contributed by atoms with Gasteiger partial charge in [-0.05, 0) is 24.2 Å². The molecule has 0 atom stereocenters. The van der Waals surface area contributed by atoms with Crippen molar-refractivity contribution in [2.24, 2.45) is 11.3 Å². The van der Waals surface area contributed by atoms with Crippen LogP contribution in [-0.4, -0.2) is 0 Å². The smallest absolute Gasteiger partial charge is 0.0303 e. The van der Waals surface area contributed by atoms with Crippen molar-refractivity contribution in [3.63, 3.8) is 0 Å². The normalized spacial score (nSPS) is 12.3. The van der Waals surface area contributed by atoms with Gasteiger partial charge in [0.15, 0.2) is 0 Å². The lowest BCUT2D eigenvalue weighted by molar-refractivity contribution is 0.207. The maximum absolute atomic E-state index is 2.40. The molecule has 0 radical (unpaired) electrons. The minimum Gasteiger partial charge on any atom is -0.0654 e. The molecule has 0 amide bonds. The lowest BCUT2D eigenvalue weighted by Crippen LogP contribution is -2.18. The Morgan fingerprint density at radius 1 is 0.600 bits per heavy atom. The van der Waals surface area contributed by atoms with Crippen molar-refractivity contribution in [2.75, 3.05) is 0 Å². The third kappa shape index (κ3) is 8.32. The molecule has 0 spiro atoms. The summed E-state index contributed by atoms with van der Waals surface area (Å²) in [7, 11) is 0. The summed E-state index contributed by atoms with van der Waals surface area (Å²) in [5.41, 5.74) is 0.668. The molecule has 0 heterocycles.